The number of hydrogen-bond acceptors (Lipinski definition) is 9. The molecule has 0 radical (unpaired) electrons. The third-order valence-electron chi connectivity index (χ3n) is 7.44. The number of rotatable bonds is 10. The van der Waals surface area contributed by atoms with Gasteiger partial charge in [0.2, 0.25) is 5.56 Å². The maximum Gasteiger partial charge on any atom is 0.257 e. The monoisotopic (exact) mass is 615 g/mol. The highest BCUT2D eigenvalue weighted by molar-refractivity contribution is 7.15. The standard InChI is InChI=1S/C32H33N5O6S/c1-20(19-41-2)42-25-14-22(15-26(17-25)43-24-6-4-21(5-7-24)31(40)36-11-3-12-36)30(39)35-32-34-27-9-13-37(18-28(27)44-32)23-8-10-33-29(38)16-23/h4-8,10,14-17,20H,3,9,11-13,18-19H2,1-2H3,(H,33,38)(H,34,35,39)/t20-/m0/s1. The average molecular weight is 616 g/mol. The van der Waals surface area contributed by atoms with Crippen molar-refractivity contribution in [2.45, 2.75) is 32.4 Å². The molecule has 1 atom stereocenters. The number of nitrogens with zero attached hydrogens (tertiary/aromatic N) is 3. The SMILES string of the molecule is COC[C@H](C)Oc1cc(Oc2ccc(C(=O)N3CCC3)cc2)cc(C(=O)Nc2nc3c(s2)CN(c2cc[nH]c(=O)c2)CC3)c1. The fourth-order valence-electron chi connectivity index (χ4n) is 5.10. The van der Waals surface area contributed by atoms with Crippen LogP contribution in [0.4, 0.5) is 10.8 Å². The van der Waals surface area contributed by atoms with Crippen molar-refractivity contribution in [3.05, 3.63) is 92.8 Å². The number of thiazole rings is 1. The van der Waals surface area contributed by atoms with Crippen LogP contribution in [0, 0.1) is 0 Å². The number of hydrogen-bond donors (Lipinski definition) is 2. The van der Waals surface area contributed by atoms with Crippen LogP contribution >= 0.6 is 11.3 Å². The Morgan fingerprint density at radius 3 is 2.55 bits per heavy atom. The summed E-state index contributed by atoms with van der Waals surface area (Å²) in [5.74, 6) is 1.04. The maximum absolute atomic E-state index is 13.5. The molecule has 11 nitrogen and oxygen atoms in total. The number of nitrogens with one attached hydrogen (secondary N) is 2. The summed E-state index contributed by atoms with van der Waals surface area (Å²) < 4.78 is 17.3. The zero-order chi connectivity index (χ0) is 30.6. The van der Waals surface area contributed by atoms with E-state index in [0.717, 1.165) is 42.3 Å². The van der Waals surface area contributed by atoms with Crippen molar-refractivity contribution in [3.63, 3.8) is 0 Å². The third kappa shape index (κ3) is 6.76. The van der Waals surface area contributed by atoms with Crippen molar-refractivity contribution in [1.29, 1.82) is 0 Å². The largest absolute Gasteiger partial charge is 0.488 e. The highest BCUT2D eigenvalue weighted by atomic mass is 32.1. The molecule has 2 aromatic heterocycles. The Kier molecular flexibility index (Phi) is 8.62. The van der Waals surface area contributed by atoms with Gasteiger partial charge >= 0.3 is 0 Å². The molecule has 228 valence electrons. The van der Waals surface area contributed by atoms with E-state index in [1.807, 2.05) is 17.9 Å². The molecule has 1 fully saturated rings. The Bertz CT molecular complexity index is 1710. The number of aromatic nitrogens is 2. The molecule has 44 heavy (non-hydrogen) atoms. The van der Waals surface area contributed by atoms with Gasteiger partial charge in [0, 0.05) is 73.2 Å². The summed E-state index contributed by atoms with van der Waals surface area (Å²) in [5.41, 5.74) is 2.59. The number of benzene rings is 2. The van der Waals surface area contributed by atoms with E-state index in [-0.39, 0.29) is 23.5 Å². The molecular weight excluding hydrogens is 582 g/mol. The molecule has 0 saturated carbocycles. The van der Waals surface area contributed by atoms with Crippen LogP contribution in [-0.4, -0.2) is 66.1 Å². The molecule has 0 aliphatic carbocycles. The van der Waals surface area contributed by atoms with E-state index in [1.165, 1.54) is 11.3 Å². The van der Waals surface area contributed by atoms with Gasteiger partial charge in [0.15, 0.2) is 5.13 Å². The molecule has 2 amide bonds. The molecule has 12 heteroatoms. The smallest absolute Gasteiger partial charge is 0.257 e. The summed E-state index contributed by atoms with van der Waals surface area (Å²) in [7, 11) is 1.60. The minimum absolute atomic E-state index is 0.0103. The number of likely N-dealkylation sites (tertiary alicyclic amines) is 1. The van der Waals surface area contributed by atoms with E-state index in [9.17, 15) is 14.4 Å². The molecule has 6 rings (SSSR count). The van der Waals surface area contributed by atoms with Gasteiger partial charge in [-0.2, -0.15) is 0 Å². The Morgan fingerprint density at radius 2 is 1.82 bits per heavy atom. The molecular formula is C32H33N5O6S. The van der Waals surface area contributed by atoms with E-state index in [4.69, 9.17) is 14.2 Å². The molecule has 2 N–H and O–H groups in total. The van der Waals surface area contributed by atoms with Gasteiger partial charge in [-0.1, -0.05) is 11.3 Å². The second kappa shape index (κ2) is 12.9. The summed E-state index contributed by atoms with van der Waals surface area (Å²) in [4.78, 5) is 50.1. The predicted molar refractivity (Wildman–Crippen MR) is 167 cm³/mol. The van der Waals surface area contributed by atoms with E-state index in [2.05, 4.69) is 20.2 Å². The topological polar surface area (TPSA) is 126 Å². The number of ether oxygens (including phenoxy) is 3. The predicted octanol–water partition coefficient (Wildman–Crippen LogP) is 4.70. The van der Waals surface area contributed by atoms with Crippen LogP contribution in [0.25, 0.3) is 0 Å². The lowest BCUT2D eigenvalue weighted by Gasteiger charge is -2.30. The summed E-state index contributed by atoms with van der Waals surface area (Å²) in [5, 5.41) is 3.43. The first kappa shape index (κ1) is 29.4. The third-order valence-corrected chi connectivity index (χ3v) is 8.43. The van der Waals surface area contributed by atoms with E-state index in [0.29, 0.717) is 53.1 Å². The van der Waals surface area contributed by atoms with Crippen molar-refractivity contribution in [1.82, 2.24) is 14.9 Å². The first-order valence-corrected chi connectivity index (χ1v) is 15.3. The number of anilines is 2. The minimum Gasteiger partial charge on any atom is -0.488 e. The van der Waals surface area contributed by atoms with Crippen molar-refractivity contribution >= 4 is 34.0 Å². The Balaban J connectivity index is 1.18. The van der Waals surface area contributed by atoms with Crippen molar-refractivity contribution in [3.8, 4) is 17.2 Å². The number of fused-ring (bicyclic) bond motifs is 1. The van der Waals surface area contributed by atoms with Gasteiger partial charge in [-0.05, 0) is 55.8 Å². The first-order valence-electron chi connectivity index (χ1n) is 14.5. The fraction of sp³-hybridized carbons (Fsp3) is 0.312. The van der Waals surface area contributed by atoms with Crippen LogP contribution in [0.3, 0.4) is 0 Å². The van der Waals surface area contributed by atoms with E-state index < -0.39 is 0 Å². The lowest BCUT2D eigenvalue weighted by molar-refractivity contribution is 0.0651. The van der Waals surface area contributed by atoms with Gasteiger partial charge in [-0.25, -0.2) is 4.98 Å². The van der Waals surface area contributed by atoms with E-state index >= 15 is 0 Å². The molecule has 2 aromatic carbocycles. The summed E-state index contributed by atoms with van der Waals surface area (Å²) >= 11 is 1.42. The molecule has 4 aromatic rings. The normalized spacial score (nSPS) is 14.8. The fourth-order valence-corrected chi connectivity index (χ4v) is 6.12. The summed E-state index contributed by atoms with van der Waals surface area (Å²) in [6, 6.07) is 15.4. The number of H-pyrrole nitrogens is 1. The first-order chi connectivity index (χ1) is 21.3. The number of carbonyl (C=O) groups excluding carboxylic acids is 2. The van der Waals surface area contributed by atoms with Gasteiger partial charge < -0.3 is 29.0 Å². The Hall–Kier alpha value is -4.68. The molecule has 4 heterocycles. The van der Waals surface area contributed by atoms with Gasteiger partial charge in [-0.3, -0.25) is 19.7 Å². The van der Waals surface area contributed by atoms with Crippen LogP contribution in [0.1, 0.15) is 44.6 Å². The molecule has 0 bridgehead atoms. The quantitative estimate of drug-likeness (QED) is 0.263. The zero-order valence-corrected chi connectivity index (χ0v) is 25.3. The highest BCUT2D eigenvalue weighted by Crippen LogP contribution is 2.32. The lowest BCUT2D eigenvalue weighted by atomic mass is 10.1. The molecule has 1 saturated heterocycles. The van der Waals surface area contributed by atoms with Gasteiger partial charge in [0.1, 0.15) is 23.4 Å². The summed E-state index contributed by atoms with van der Waals surface area (Å²) in [6.07, 6.45) is 3.12. The number of pyridine rings is 1. The van der Waals surface area contributed by atoms with Gasteiger partial charge in [0.25, 0.3) is 11.8 Å². The maximum atomic E-state index is 13.5. The molecule has 2 aliphatic rings. The lowest BCUT2D eigenvalue weighted by Crippen LogP contribution is -2.41. The van der Waals surface area contributed by atoms with Crippen molar-refractivity contribution in [2.24, 2.45) is 0 Å². The van der Waals surface area contributed by atoms with Crippen LogP contribution < -0.4 is 25.2 Å². The summed E-state index contributed by atoms with van der Waals surface area (Å²) in [6.45, 7) is 5.15. The van der Waals surface area contributed by atoms with Crippen molar-refractivity contribution < 1.29 is 23.8 Å². The Morgan fingerprint density at radius 1 is 1.02 bits per heavy atom. The van der Waals surface area contributed by atoms with Crippen LogP contribution in [0.5, 0.6) is 17.2 Å². The molecule has 0 unspecified atom stereocenters. The number of methoxy groups -OCH3 is 1. The minimum atomic E-state index is -0.354. The molecule has 0 spiro atoms. The van der Waals surface area contributed by atoms with Gasteiger partial charge in [0.05, 0.1) is 18.8 Å². The van der Waals surface area contributed by atoms with Crippen LogP contribution in [0.2, 0.25) is 0 Å². The second-order valence-corrected chi connectivity index (χ2v) is 11.9. The van der Waals surface area contributed by atoms with Crippen molar-refractivity contribution in [2.75, 3.05) is 43.6 Å². The highest BCUT2D eigenvalue weighted by Gasteiger charge is 2.23. The number of carbonyl (C=O) groups is 2. The van der Waals surface area contributed by atoms with Crippen LogP contribution in [0.15, 0.2) is 65.6 Å². The number of amides is 2. The van der Waals surface area contributed by atoms with Crippen LogP contribution in [-0.2, 0) is 17.7 Å². The Labute approximate surface area is 258 Å². The average Bonchev–Trinajstić information content (AvgIpc) is 3.38. The van der Waals surface area contributed by atoms with Gasteiger partial charge in [-0.15, -0.1) is 0 Å². The second-order valence-electron chi connectivity index (χ2n) is 10.8. The number of aromatic amines is 1. The molecule has 2 aliphatic heterocycles. The zero-order valence-electron chi connectivity index (χ0n) is 24.5. The van der Waals surface area contributed by atoms with E-state index in [1.54, 1.807) is 61.8 Å².